The zero-order chi connectivity index (χ0) is 22.4. The lowest BCUT2D eigenvalue weighted by molar-refractivity contribution is -0.172. The molecule has 0 aliphatic heterocycles. The summed E-state index contributed by atoms with van der Waals surface area (Å²) < 4.78 is 5.78. The molecule has 3 aromatic rings. The molecule has 0 bridgehead atoms. The predicted molar refractivity (Wildman–Crippen MR) is 117 cm³/mol. The van der Waals surface area contributed by atoms with E-state index in [0.717, 1.165) is 22.5 Å². The quantitative estimate of drug-likeness (QED) is 0.312. The van der Waals surface area contributed by atoms with Gasteiger partial charge < -0.3 is 20.4 Å². The minimum atomic E-state index is -1.57. The molecule has 0 amide bonds. The van der Waals surface area contributed by atoms with Crippen molar-refractivity contribution in [2.24, 2.45) is 5.16 Å². The molecule has 3 rings (SSSR count). The molecule has 2 aromatic carbocycles. The van der Waals surface area contributed by atoms with Crippen LogP contribution in [-0.2, 0) is 19.2 Å². The van der Waals surface area contributed by atoms with Crippen LogP contribution in [-0.4, -0.2) is 33.3 Å². The maximum absolute atomic E-state index is 12.9. The van der Waals surface area contributed by atoms with Crippen molar-refractivity contribution in [3.8, 4) is 0 Å². The summed E-state index contributed by atoms with van der Waals surface area (Å²) in [5, 5.41) is 14.7. The molecule has 0 saturated heterocycles. The number of oxime groups is 1. The number of aromatic nitrogens is 1. The SMILES string of the molecule is CC(C)(O/N=C(\C(=O)O)c1csc(N)n1)C(=O)OC(c1ccccc1)c1ccccc1. The fourth-order valence-corrected chi connectivity index (χ4v) is 3.17. The van der Waals surface area contributed by atoms with E-state index in [1.807, 2.05) is 60.7 Å². The van der Waals surface area contributed by atoms with Gasteiger partial charge in [-0.25, -0.2) is 14.6 Å². The Bertz CT molecular complexity index is 1040. The van der Waals surface area contributed by atoms with E-state index in [2.05, 4.69) is 10.1 Å². The summed E-state index contributed by atoms with van der Waals surface area (Å²) in [6.07, 6.45) is -0.668. The Morgan fingerprint density at radius 1 is 1.06 bits per heavy atom. The number of nitrogen functional groups attached to an aromatic ring is 1. The van der Waals surface area contributed by atoms with Crippen molar-refractivity contribution in [3.63, 3.8) is 0 Å². The number of nitrogens with two attached hydrogens (primary N) is 1. The molecule has 160 valence electrons. The van der Waals surface area contributed by atoms with Crippen LogP contribution in [0.5, 0.6) is 0 Å². The number of hydrogen-bond donors (Lipinski definition) is 2. The van der Waals surface area contributed by atoms with Crippen LogP contribution in [0.25, 0.3) is 0 Å². The summed E-state index contributed by atoms with van der Waals surface area (Å²) in [6.45, 7) is 2.89. The lowest BCUT2D eigenvalue weighted by atomic mass is 10.0. The highest BCUT2D eigenvalue weighted by atomic mass is 32.1. The van der Waals surface area contributed by atoms with E-state index in [1.165, 1.54) is 19.2 Å². The number of thiazole rings is 1. The van der Waals surface area contributed by atoms with Crippen LogP contribution in [0.15, 0.2) is 71.2 Å². The van der Waals surface area contributed by atoms with Gasteiger partial charge >= 0.3 is 11.9 Å². The van der Waals surface area contributed by atoms with Crippen LogP contribution in [0, 0.1) is 0 Å². The number of carbonyl (C=O) groups is 2. The van der Waals surface area contributed by atoms with Gasteiger partial charge in [0.1, 0.15) is 5.69 Å². The van der Waals surface area contributed by atoms with Gasteiger partial charge in [-0.15, -0.1) is 11.3 Å². The van der Waals surface area contributed by atoms with Gasteiger partial charge in [0.15, 0.2) is 11.2 Å². The number of anilines is 1. The van der Waals surface area contributed by atoms with Gasteiger partial charge in [-0.1, -0.05) is 65.8 Å². The maximum Gasteiger partial charge on any atom is 0.360 e. The Hall–Kier alpha value is -3.72. The molecular weight excluding hydrogens is 418 g/mol. The van der Waals surface area contributed by atoms with Gasteiger partial charge in [0, 0.05) is 5.38 Å². The van der Waals surface area contributed by atoms with Gasteiger partial charge in [0.2, 0.25) is 11.3 Å². The van der Waals surface area contributed by atoms with Crippen molar-refractivity contribution in [2.45, 2.75) is 25.6 Å². The summed E-state index contributed by atoms with van der Waals surface area (Å²) >= 11 is 1.07. The number of ether oxygens (including phenoxy) is 1. The average molecular weight is 439 g/mol. The monoisotopic (exact) mass is 439 g/mol. The zero-order valence-corrected chi connectivity index (χ0v) is 17.7. The van der Waals surface area contributed by atoms with Crippen LogP contribution in [0.3, 0.4) is 0 Å². The molecule has 0 aliphatic rings. The van der Waals surface area contributed by atoms with Gasteiger partial charge in [0.25, 0.3) is 0 Å². The van der Waals surface area contributed by atoms with Crippen molar-refractivity contribution >= 4 is 34.1 Å². The number of esters is 1. The zero-order valence-electron chi connectivity index (χ0n) is 16.9. The third-order valence-corrected chi connectivity index (χ3v) is 4.93. The second-order valence-electron chi connectivity index (χ2n) is 7.02. The summed E-state index contributed by atoms with van der Waals surface area (Å²) in [5.74, 6) is -2.07. The molecule has 0 aliphatic carbocycles. The molecule has 0 unspecified atom stereocenters. The molecular formula is C22H21N3O5S. The maximum atomic E-state index is 12.9. The standard InChI is InChI=1S/C22H21N3O5S/c1-22(2,30-25-17(19(26)27)16-13-31-21(23)24-16)20(28)29-18(14-9-5-3-6-10-14)15-11-7-4-8-12-15/h3-13,18H,1-2H3,(H2,23,24)(H,26,27)/b25-17-. The number of aliphatic carboxylic acids is 1. The molecule has 1 aromatic heterocycles. The molecule has 8 nitrogen and oxygen atoms in total. The van der Waals surface area contributed by atoms with Crippen LogP contribution in [0.1, 0.15) is 36.8 Å². The number of carboxylic acid groups (broad SMARTS) is 1. The van der Waals surface area contributed by atoms with E-state index in [0.29, 0.717) is 0 Å². The Morgan fingerprint density at radius 3 is 2.06 bits per heavy atom. The second kappa shape index (κ2) is 9.40. The van der Waals surface area contributed by atoms with Crippen LogP contribution in [0.4, 0.5) is 5.13 Å². The number of nitrogens with zero attached hydrogens (tertiary/aromatic N) is 2. The van der Waals surface area contributed by atoms with Gasteiger partial charge in [-0.3, -0.25) is 0 Å². The van der Waals surface area contributed by atoms with Gasteiger partial charge in [0.05, 0.1) is 0 Å². The molecule has 0 saturated carbocycles. The smallest absolute Gasteiger partial charge is 0.360 e. The Morgan fingerprint density at radius 2 is 1.61 bits per heavy atom. The Labute approximate surface area is 182 Å². The minimum absolute atomic E-state index is 0.0469. The van der Waals surface area contributed by atoms with E-state index in [9.17, 15) is 14.7 Å². The third-order valence-electron chi connectivity index (χ3n) is 4.25. The van der Waals surface area contributed by atoms with E-state index in [-0.39, 0.29) is 10.8 Å². The molecule has 1 heterocycles. The van der Waals surface area contributed by atoms with Crippen molar-refractivity contribution < 1.29 is 24.3 Å². The highest BCUT2D eigenvalue weighted by Crippen LogP contribution is 2.28. The molecule has 0 fully saturated rings. The number of carboxylic acids is 1. The van der Waals surface area contributed by atoms with Crippen LogP contribution in [0.2, 0.25) is 0 Å². The fraction of sp³-hybridized carbons (Fsp3) is 0.182. The average Bonchev–Trinajstić information content (AvgIpc) is 3.18. The van der Waals surface area contributed by atoms with Crippen molar-refractivity contribution in [3.05, 3.63) is 82.9 Å². The van der Waals surface area contributed by atoms with Crippen molar-refractivity contribution in [1.82, 2.24) is 4.98 Å². The first-order valence-electron chi connectivity index (χ1n) is 9.30. The van der Waals surface area contributed by atoms with Gasteiger partial charge in [-0.05, 0) is 25.0 Å². The van der Waals surface area contributed by atoms with E-state index >= 15 is 0 Å². The summed E-state index contributed by atoms with van der Waals surface area (Å²) in [4.78, 5) is 33.7. The number of rotatable bonds is 8. The molecule has 0 atom stereocenters. The first-order chi connectivity index (χ1) is 14.8. The molecule has 9 heteroatoms. The highest BCUT2D eigenvalue weighted by Gasteiger charge is 2.36. The topological polar surface area (TPSA) is 124 Å². The number of hydrogen-bond acceptors (Lipinski definition) is 8. The largest absolute Gasteiger partial charge is 0.476 e. The lowest BCUT2D eigenvalue weighted by Crippen LogP contribution is -2.37. The first kappa shape index (κ1) is 22.0. The van der Waals surface area contributed by atoms with E-state index in [1.54, 1.807) is 0 Å². The summed E-state index contributed by atoms with van der Waals surface area (Å²) in [6, 6.07) is 18.6. The van der Waals surface area contributed by atoms with E-state index in [4.69, 9.17) is 15.3 Å². The van der Waals surface area contributed by atoms with E-state index < -0.39 is 29.4 Å². The van der Waals surface area contributed by atoms with Crippen molar-refractivity contribution in [2.75, 3.05) is 5.73 Å². The second-order valence-corrected chi connectivity index (χ2v) is 7.91. The molecule has 31 heavy (non-hydrogen) atoms. The lowest BCUT2D eigenvalue weighted by Gasteiger charge is -2.25. The van der Waals surface area contributed by atoms with Gasteiger partial charge in [-0.2, -0.15) is 0 Å². The Balaban J connectivity index is 1.83. The minimum Gasteiger partial charge on any atom is -0.476 e. The highest BCUT2D eigenvalue weighted by molar-refractivity contribution is 7.13. The summed E-state index contributed by atoms with van der Waals surface area (Å²) in [7, 11) is 0. The number of benzene rings is 2. The molecule has 3 N–H and O–H groups in total. The normalized spacial score (nSPS) is 11.9. The van der Waals surface area contributed by atoms with Crippen molar-refractivity contribution in [1.29, 1.82) is 0 Å². The van der Waals surface area contributed by atoms with Crippen LogP contribution < -0.4 is 5.73 Å². The molecule has 0 radical (unpaired) electrons. The number of carbonyl (C=O) groups excluding carboxylic acids is 1. The fourth-order valence-electron chi connectivity index (χ4n) is 2.62. The summed E-state index contributed by atoms with van der Waals surface area (Å²) in [5.41, 5.74) is 5.14. The van der Waals surface area contributed by atoms with Crippen LogP contribution >= 0.6 is 11.3 Å². The Kier molecular flexibility index (Phi) is 6.66. The first-order valence-corrected chi connectivity index (χ1v) is 10.2. The predicted octanol–water partition coefficient (Wildman–Crippen LogP) is 3.64. The third kappa shape index (κ3) is 5.46. The molecule has 0 spiro atoms.